The van der Waals surface area contributed by atoms with Gasteiger partial charge in [-0.05, 0) is 12.3 Å². The Hall–Kier alpha value is -1.62. The number of aromatic amines is 1. The molecule has 1 N–H and O–H groups in total. The quantitative estimate of drug-likeness (QED) is 0.924. The minimum Gasteiger partial charge on any atom is -0.316 e. The summed E-state index contributed by atoms with van der Waals surface area (Å²) in [7, 11) is 1.78. The van der Waals surface area contributed by atoms with E-state index in [4.69, 9.17) is 11.6 Å². The third-order valence-corrected chi connectivity index (χ3v) is 2.91. The Kier molecular flexibility index (Phi) is 3.52. The Balaban J connectivity index is 2.48. The van der Waals surface area contributed by atoms with Gasteiger partial charge in [-0.1, -0.05) is 25.4 Å². The standard InChI is InChI=1S/C12H15ClN4O/c1-7(2)4-8-5-10(18)16-11(15-8)12-14-6-9(13)17(12)3/h5-7H,4H2,1-3H3,(H,15,16,18). The van der Waals surface area contributed by atoms with Crippen LogP contribution in [0.4, 0.5) is 0 Å². The van der Waals surface area contributed by atoms with Crippen molar-refractivity contribution in [3.63, 3.8) is 0 Å². The molecule has 0 saturated heterocycles. The minimum absolute atomic E-state index is 0.172. The van der Waals surface area contributed by atoms with E-state index in [0.717, 1.165) is 12.1 Å². The first-order valence-electron chi connectivity index (χ1n) is 5.75. The highest BCUT2D eigenvalue weighted by molar-refractivity contribution is 6.29. The zero-order valence-electron chi connectivity index (χ0n) is 10.6. The lowest BCUT2D eigenvalue weighted by atomic mass is 10.1. The lowest BCUT2D eigenvalue weighted by Crippen LogP contribution is -2.13. The van der Waals surface area contributed by atoms with Crippen molar-refractivity contribution >= 4 is 11.6 Å². The fraction of sp³-hybridized carbons (Fsp3) is 0.417. The van der Waals surface area contributed by atoms with E-state index in [1.165, 1.54) is 12.3 Å². The monoisotopic (exact) mass is 266 g/mol. The van der Waals surface area contributed by atoms with E-state index in [-0.39, 0.29) is 5.56 Å². The van der Waals surface area contributed by atoms with Gasteiger partial charge in [0.15, 0.2) is 11.6 Å². The number of imidazole rings is 1. The molecule has 2 heterocycles. The van der Waals surface area contributed by atoms with Gasteiger partial charge in [0.2, 0.25) is 0 Å². The number of aromatic nitrogens is 4. The van der Waals surface area contributed by atoms with Gasteiger partial charge in [0.1, 0.15) is 5.15 Å². The third-order valence-electron chi connectivity index (χ3n) is 2.56. The van der Waals surface area contributed by atoms with Crippen LogP contribution in [0.15, 0.2) is 17.1 Å². The summed E-state index contributed by atoms with van der Waals surface area (Å²) in [6.07, 6.45) is 2.29. The van der Waals surface area contributed by atoms with Crippen molar-refractivity contribution in [3.8, 4) is 11.6 Å². The van der Waals surface area contributed by atoms with Crippen molar-refractivity contribution < 1.29 is 0 Å². The predicted octanol–water partition coefficient (Wildman–Crippen LogP) is 2.02. The van der Waals surface area contributed by atoms with Gasteiger partial charge >= 0.3 is 0 Å². The van der Waals surface area contributed by atoms with E-state index < -0.39 is 0 Å². The summed E-state index contributed by atoms with van der Waals surface area (Å²) >= 11 is 5.92. The molecule has 0 bridgehead atoms. The smallest absolute Gasteiger partial charge is 0.251 e. The van der Waals surface area contributed by atoms with E-state index in [1.807, 2.05) is 0 Å². The van der Waals surface area contributed by atoms with Crippen LogP contribution in [-0.4, -0.2) is 19.5 Å². The van der Waals surface area contributed by atoms with Crippen LogP contribution in [0.1, 0.15) is 19.5 Å². The maximum atomic E-state index is 11.6. The van der Waals surface area contributed by atoms with Crippen LogP contribution < -0.4 is 5.56 Å². The van der Waals surface area contributed by atoms with Crippen LogP contribution in [0, 0.1) is 5.92 Å². The van der Waals surface area contributed by atoms with Crippen LogP contribution in [-0.2, 0) is 13.5 Å². The van der Waals surface area contributed by atoms with Crippen LogP contribution in [0.25, 0.3) is 11.6 Å². The molecule has 96 valence electrons. The Morgan fingerprint density at radius 1 is 1.50 bits per heavy atom. The van der Waals surface area contributed by atoms with Crippen LogP contribution in [0.2, 0.25) is 5.15 Å². The van der Waals surface area contributed by atoms with Gasteiger partial charge in [-0.25, -0.2) is 9.97 Å². The van der Waals surface area contributed by atoms with Crippen molar-refractivity contribution in [3.05, 3.63) is 33.5 Å². The van der Waals surface area contributed by atoms with Crippen molar-refractivity contribution in [1.29, 1.82) is 0 Å². The maximum Gasteiger partial charge on any atom is 0.251 e. The summed E-state index contributed by atoms with van der Waals surface area (Å²) in [5, 5.41) is 0.502. The highest BCUT2D eigenvalue weighted by Crippen LogP contribution is 2.17. The summed E-state index contributed by atoms with van der Waals surface area (Å²) in [6, 6.07) is 1.52. The zero-order chi connectivity index (χ0) is 13.3. The predicted molar refractivity (Wildman–Crippen MR) is 70.6 cm³/mol. The Labute approximate surface area is 110 Å². The molecule has 0 aliphatic rings. The van der Waals surface area contributed by atoms with Gasteiger partial charge in [0, 0.05) is 18.8 Å². The van der Waals surface area contributed by atoms with E-state index >= 15 is 0 Å². The topological polar surface area (TPSA) is 63.6 Å². The SMILES string of the molecule is CC(C)Cc1cc(=O)[nH]c(-c2ncc(Cl)n2C)n1. The fourth-order valence-corrected chi connectivity index (χ4v) is 1.87. The highest BCUT2D eigenvalue weighted by atomic mass is 35.5. The molecule has 18 heavy (non-hydrogen) atoms. The first kappa shape index (κ1) is 12.8. The molecule has 0 spiro atoms. The van der Waals surface area contributed by atoms with Crippen molar-refractivity contribution in [2.75, 3.05) is 0 Å². The molecule has 6 heteroatoms. The summed E-state index contributed by atoms with van der Waals surface area (Å²) in [5.41, 5.74) is 0.595. The molecule has 2 aromatic rings. The summed E-state index contributed by atoms with van der Waals surface area (Å²) < 4.78 is 1.68. The third kappa shape index (κ3) is 2.61. The fourth-order valence-electron chi connectivity index (χ4n) is 1.75. The molecule has 0 radical (unpaired) electrons. The number of hydrogen-bond donors (Lipinski definition) is 1. The largest absolute Gasteiger partial charge is 0.316 e. The number of nitrogens with zero attached hydrogens (tertiary/aromatic N) is 3. The molecule has 0 fully saturated rings. The van der Waals surface area contributed by atoms with E-state index in [9.17, 15) is 4.79 Å². The zero-order valence-corrected chi connectivity index (χ0v) is 11.3. The highest BCUT2D eigenvalue weighted by Gasteiger charge is 2.11. The van der Waals surface area contributed by atoms with E-state index in [1.54, 1.807) is 11.6 Å². The Morgan fingerprint density at radius 2 is 2.22 bits per heavy atom. The number of H-pyrrole nitrogens is 1. The molecule has 2 aromatic heterocycles. The van der Waals surface area contributed by atoms with Gasteiger partial charge in [0.25, 0.3) is 5.56 Å². The molecule has 0 aromatic carbocycles. The maximum absolute atomic E-state index is 11.6. The van der Waals surface area contributed by atoms with Crippen LogP contribution >= 0.6 is 11.6 Å². The number of halogens is 1. The van der Waals surface area contributed by atoms with Gasteiger partial charge in [-0.15, -0.1) is 0 Å². The summed E-state index contributed by atoms with van der Waals surface area (Å²) in [6.45, 7) is 4.17. The lowest BCUT2D eigenvalue weighted by Gasteiger charge is -2.06. The lowest BCUT2D eigenvalue weighted by molar-refractivity contribution is 0.633. The molecule has 0 aliphatic heterocycles. The Morgan fingerprint density at radius 3 is 2.78 bits per heavy atom. The number of hydrogen-bond acceptors (Lipinski definition) is 3. The van der Waals surface area contributed by atoms with Crippen LogP contribution in [0.3, 0.4) is 0 Å². The second-order valence-corrected chi connectivity index (χ2v) is 5.03. The van der Waals surface area contributed by atoms with Crippen molar-refractivity contribution in [2.24, 2.45) is 13.0 Å². The summed E-state index contributed by atoms with van der Waals surface area (Å²) in [5.74, 6) is 1.45. The number of nitrogens with one attached hydrogen (secondary N) is 1. The van der Waals surface area contributed by atoms with Gasteiger partial charge in [-0.3, -0.25) is 4.79 Å². The van der Waals surface area contributed by atoms with E-state index in [2.05, 4.69) is 28.8 Å². The molecule has 0 amide bonds. The van der Waals surface area contributed by atoms with Crippen molar-refractivity contribution in [1.82, 2.24) is 19.5 Å². The first-order valence-corrected chi connectivity index (χ1v) is 6.13. The summed E-state index contributed by atoms with van der Waals surface area (Å²) in [4.78, 5) is 22.9. The molecule has 0 saturated carbocycles. The molecular formula is C12H15ClN4O. The molecule has 0 aliphatic carbocycles. The van der Waals surface area contributed by atoms with Gasteiger partial charge in [-0.2, -0.15) is 0 Å². The second-order valence-electron chi connectivity index (χ2n) is 4.65. The van der Waals surface area contributed by atoms with Crippen LogP contribution in [0.5, 0.6) is 0 Å². The molecule has 2 rings (SSSR count). The number of rotatable bonds is 3. The molecule has 0 atom stereocenters. The second kappa shape index (κ2) is 4.94. The molecular weight excluding hydrogens is 252 g/mol. The average molecular weight is 267 g/mol. The molecule has 0 unspecified atom stereocenters. The Bertz CT molecular complexity index is 615. The van der Waals surface area contributed by atoms with Gasteiger partial charge in [0.05, 0.1) is 6.20 Å². The van der Waals surface area contributed by atoms with Crippen molar-refractivity contribution in [2.45, 2.75) is 20.3 Å². The van der Waals surface area contributed by atoms with E-state index in [0.29, 0.717) is 22.7 Å². The normalized spacial score (nSPS) is 11.2. The van der Waals surface area contributed by atoms with Gasteiger partial charge < -0.3 is 9.55 Å². The minimum atomic E-state index is -0.172. The average Bonchev–Trinajstić information content (AvgIpc) is 2.58. The molecule has 5 nitrogen and oxygen atoms in total. The first-order chi connectivity index (χ1) is 8.47.